The van der Waals surface area contributed by atoms with Crippen LogP contribution < -0.4 is 15.4 Å². The molecule has 1 aromatic heterocycles. The van der Waals surface area contributed by atoms with Gasteiger partial charge in [-0.2, -0.15) is 4.72 Å². The lowest BCUT2D eigenvalue weighted by molar-refractivity contribution is -0.156. The Kier molecular flexibility index (Phi) is 14.1. The fourth-order valence-corrected chi connectivity index (χ4v) is 7.00. The molecule has 0 fully saturated rings. The predicted octanol–water partition coefficient (Wildman–Crippen LogP) is 5.80. The molecule has 0 aliphatic carbocycles. The highest BCUT2D eigenvalue weighted by Gasteiger charge is 2.35. The van der Waals surface area contributed by atoms with Gasteiger partial charge in [-0.15, -0.1) is 16.2 Å². The van der Waals surface area contributed by atoms with Gasteiger partial charge in [0.15, 0.2) is 0 Å². The number of hydrogen-bond acceptors (Lipinski definition) is 11. The van der Waals surface area contributed by atoms with Crippen LogP contribution in [0.25, 0.3) is 6.08 Å². The number of nitrogens with one attached hydrogen (secondary N) is 4. The number of aryl methyl sites for hydroxylation is 3. The van der Waals surface area contributed by atoms with Crippen molar-refractivity contribution in [3.63, 3.8) is 0 Å². The van der Waals surface area contributed by atoms with Gasteiger partial charge in [-0.3, -0.25) is 15.0 Å². The maximum Gasteiger partial charge on any atom is 0.427 e. The summed E-state index contributed by atoms with van der Waals surface area (Å²) in [7, 11) is -4.18. The minimum Gasteiger partial charge on any atom is -0.459 e. The normalized spacial score (nSPS) is 12.9. The summed E-state index contributed by atoms with van der Waals surface area (Å²) >= 11 is 1.12. The molecule has 0 spiro atoms. The van der Waals surface area contributed by atoms with Gasteiger partial charge in [0.2, 0.25) is 16.0 Å². The molecule has 282 valence electrons. The molecule has 1 aromatic carbocycles. The maximum atomic E-state index is 13.5. The van der Waals surface area contributed by atoms with E-state index in [1.54, 1.807) is 113 Å². The van der Waals surface area contributed by atoms with E-state index in [1.807, 2.05) is 6.92 Å². The number of rotatable bonds is 10. The zero-order chi connectivity index (χ0) is 39.1. The molecule has 2 rings (SSSR count). The van der Waals surface area contributed by atoms with E-state index in [-0.39, 0.29) is 22.9 Å². The lowest BCUT2D eigenvalue weighted by Crippen LogP contribution is -2.51. The van der Waals surface area contributed by atoms with Gasteiger partial charge in [-0.1, -0.05) is 23.8 Å². The van der Waals surface area contributed by atoms with Gasteiger partial charge in [0.1, 0.15) is 22.8 Å². The SMILES string of the molecule is Cc1cc(C)c(S(=O)(=O)N[C@@H](CNC(=O)c2ccc(C=CCNC(=N)N(C(=O)OC(C)(C)C)C(=O)OC(C)(C)C)s2)C(=O)OC(C)(C)C)c(C)c1. The van der Waals surface area contributed by atoms with Crippen molar-refractivity contribution in [1.29, 1.82) is 5.41 Å². The Bertz CT molecular complexity index is 1710. The van der Waals surface area contributed by atoms with Crippen molar-refractivity contribution in [2.24, 2.45) is 0 Å². The molecule has 0 bridgehead atoms. The van der Waals surface area contributed by atoms with Gasteiger partial charge in [0.25, 0.3) is 5.91 Å². The number of amides is 3. The fourth-order valence-electron chi connectivity index (χ4n) is 4.51. The van der Waals surface area contributed by atoms with E-state index < -0.39 is 62.9 Å². The lowest BCUT2D eigenvalue weighted by atomic mass is 10.1. The van der Waals surface area contributed by atoms with Crippen molar-refractivity contribution in [3.05, 3.63) is 56.8 Å². The lowest BCUT2D eigenvalue weighted by Gasteiger charge is -2.28. The first kappa shape index (κ1) is 42.9. The molecule has 3 amide bonds. The second kappa shape index (κ2) is 16.8. The molecule has 0 saturated heterocycles. The molecule has 0 saturated carbocycles. The number of carbonyl (C=O) groups excluding carboxylic acids is 4. The average molecular weight is 750 g/mol. The zero-order valence-electron chi connectivity index (χ0n) is 31.4. The molecule has 0 aliphatic heterocycles. The molecular formula is C35H51N5O9S2. The molecule has 0 unspecified atom stereocenters. The Morgan fingerprint density at radius 3 is 1.84 bits per heavy atom. The van der Waals surface area contributed by atoms with Crippen LogP contribution in [0.3, 0.4) is 0 Å². The Labute approximate surface area is 304 Å². The van der Waals surface area contributed by atoms with E-state index in [2.05, 4.69) is 15.4 Å². The van der Waals surface area contributed by atoms with E-state index in [0.29, 0.717) is 20.9 Å². The number of benzene rings is 1. The van der Waals surface area contributed by atoms with E-state index in [9.17, 15) is 27.6 Å². The third kappa shape index (κ3) is 14.1. The zero-order valence-corrected chi connectivity index (χ0v) is 33.0. The first-order valence-electron chi connectivity index (χ1n) is 16.2. The van der Waals surface area contributed by atoms with Crippen molar-refractivity contribution in [2.45, 2.75) is 111 Å². The standard InChI is InChI=1S/C35H51N5O9S2/c1-21-18-22(2)27(23(3)19-21)51(45,46)39-25(29(42)47-33(4,5)6)20-38-28(41)26-16-15-24(50-26)14-13-17-37-30(36)40(31(43)48-34(7,8)9)32(44)49-35(10,11)12/h13-16,18-19,25,39H,17,20H2,1-12H3,(H2,36,37)(H,38,41)/t25-/m0/s1. The minimum absolute atomic E-state index is 0.0258. The van der Waals surface area contributed by atoms with Crippen LogP contribution in [0.2, 0.25) is 0 Å². The van der Waals surface area contributed by atoms with Crippen LogP contribution in [0.4, 0.5) is 9.59 Å². The Balaban J connectivity index is 2.13. The molecular weight excluding hydrogens is 699 g/mol. The summed E-state index contributed by atoms with van der Waals surface area (Å²) in [4.78, 5) is 53.1. The van der Waals surface area contributed by atoms with Crippen LogP contribution in [-0.2, 0) is 29.0 Å². The highest BCUT2D eigenvalue weighted by Crippen LogP contribution is 2.23. The van der Waals surface area contributed by atoms with Crippen molar-refractivity contribution in [3.8, 4) is 0 Å². The van der Waals surface area contributed by atoms with Crippen LogP contribution in [-0.4, -0.2) is 79.3 Å². The topological polar surface area (TPSA) is 193 Å². The van der Waals surface area contributed by atoms with Gasteiger partial charge in [0.05, 0.1) is 9.77 Å². The van der Waals surface area contributed by atoms with Crippen LogP contribution in [0.1, 0.15) is 93.6 Å². The van der Waals surface area contributed by atoms with E-state index in [4.69, 9.17) is 19.6 Å². The number of esters is 1. The minimum atomic E-state index is -4.18. The molecule has 51 heavy (non-hydrogen) atoms. The Morgan fingerprint density at radius 2 is 1.35 bits per heavy atom. The molecule has 16 heteroatoms. The number of carbonyl (C=O) groups is 4. The highest BCUT2D eigenvalue weighted by atomic mass is 32.2. The van der Waals surface area contributed by atoms with E-state index in [0.717, 1.165) is 16.9 Å². The smallest absolute Gasteiger partial charge is 0.427 e. The Morgan fingerprint density at radius 1 is 0.843 bits per heavy atom. The number of sulfonamides is 1. The largest absolute Gasteiger partial charge is 0.459 e. The van der Waals surface area contributed by atoms with Gasteiger partial charge in [-0.25, -0.2) is 18.0 Å². The predicted molar refractivity (Wildman–Crippen MR) is 196 cm³/mol. The van der Waals surface area contributed by atoms with Gasteiger partial charge < -0.3 is 24.8 Å². The quantitative estimate of drug-likeness (QED) is 0.0998. The van der Waals surface area contributed by atoms with Crippen molar-refractivity contribution >= 4 is 57.5 Å². The molecule has 1 heterocycles. The van der Waals surface area contributed by atoms with Gasteiger partial charge in [0, 0.05) is 18.0 Å². The number of thiophene rings is 1. The summed E-state index contributed by atoms with van der Waals surface area (Å²) in [6, 6.07) is 5.29. The van der Waals surface area contributed by atoms with Crippen molar-refractivity contribution in [1.82, 2.24) is 20.3 Å². The highest BCUT2D eigenvalue weighted by molar-refractivity contribution is 7.89. The Hall–Kier alpha value is -4.28. The third-order valence-corrected chi connectivity index (χ3v) is 9.05. The summed E-state index contributed by atoms with van der Waals surface area (Å²) in [5.74, 6) is -1.95. The number of nitrogens with zero attached hydrogens (tertiary/aromatic N) is 1. The number of hydrogen-bond donors (Lipinski definition) is 4. The van der Waals surface area contributed by atoms with Crippen LogP contribution in [0, 0.1) is 26.2 Å². The second-order valence-corrected chi connectivity index (χ2v) is 17.5. The monoisotopic (exact) mass is 749 g/mol. The van der Waals surface area contributed by atoms with Crippen LogP contribution in [0.15, 0.2) is 35.2 Å². The molecule has 0 aliphatic rings. The summed E-state index contributed by atoms with van der Waals surface area (Å²) in [5.41, 5.74) is -0.838. The van der Waals surface area contributed by atoms with Gasteiger partial charge in [-0.05, 0) is 112 Å². The molecule has 0 radical (unpaired) electrons. The summed E-state index contributed by atoms with van der Waals surface area (Å²) in [6.07, 6.45) is 1.13. The number of ether oxygens (including phenoxy) is 3. The average Bonchev–Trinajstić information content (AvgIpc) is 3.38. The number of guanidine groups is 1. The van der Waals surface area contributed by atoms with E-state index >= 15 is 0 Å². The fraction of sp³-hybridized carbons (Fsp3) is 0.514. The van der Waals surface area contributed by atoms with Crippen molar-refractivity contribution < 1.29 is 41.8 Å². The van der Waals surface area contributed by atoms with Crippen LogP contribution in [0.5, 0.6) is 0 Å². The van der Waals surface area contributed by atoms with Gasteiger partial charge >= 0.3 is 18.2 Å². The summed E-state index contributed by atoms with van der Waals surface area (Å²) in [5, 5.41) is 13.6. The first-order chi connectivity index (χ1) is 23.2. The molecule has 2 aromatic rings. The number of imide groups is 1. The van der Waals surface area contributed by atoms with Crippen LogP contribution >= 0.6 is 11.3 Å². The summed E-state index contributed by atoms with van der Waals surface area (Å²) < 4.78 is 45.4. The summed E-state index contributed by atoms with van der Waals surface area (Å²) in [6.45, 7) is 19.6. The maximum absolute atomic E-state index is 13.5. The van der Waals surface area contributed by atoms with Crippen molar-refractivity contribution in [2.75, 3.05) is 13.1 Å². The molecule has 4 N–H and O–H groups in total. The second-order valence-electron chi connectivity index (χ2n) is 14.8. The molecule has 14 nitrogen and oxygen atoms in total. The molecule has 1 atom stereocenters. The third-order valence-electron chi connectivity index (χ3n) is 6.22. The van der Waals surface area contributed by atoms with E-state index in [1.165, 1.54) is 0 Å². The first-order valence-corrected chi connectivity index (χ1v) is 18.4.